The van der Waals surface area contributed by atoms with E-state index in [1.807, 2.05) is 0 Å². The summed E-state index contributed by atoms with van der Waals surface area (Å²) in [5.41, 5.74) is 0. The molecule has 6 heteroatoms. The molecule has 6 nitrogen and oxygen atoms in total. The van der Waals surface area contributed by atoms with Gasteiger partial charge in [-0.25, -0.2) is 4.79 Å². The lowest BCUT2D eigenvalue weighted by Gasteiger charge is -2.30. The monoisotopic (exact) mass is 297 g/mol. The highest BCUT2D eigenvalue weighted by atomic mass is 16.4. The van der Waals surface area contributed by atoms with Crippen LogP contribution in [0, 0.1) is 11.8 Å². The van der Waals surface area contributed by atoms with Crippen molar-refractivity contribution in [1.29, 1.82) is 0 Å². The molecule has 0 aromatic carbocycles. The third-order valence-corrected chi connectivity index (χ3v) is 4.71. The zero-order valence-corrected chi connectivity index (χ0v) is 12.6. The highest BCUT2D eigenvalue weighted by Gasteiger charge is 2.31. The lowest BCUT2D eigenvalue weighted by Crippen LogP contribution is -2.52. The van der Waals surface area contributed by atoms with Crippen LogP contribution >= 0.6 is 0 Å². The van der Waals surface area contributed by atoms with E-state index in [4.69, 9.17) is 5.11 Å². The van der Waals surface area contributed by atoms with Crippen LogP contribution < -0.4 is 16.0 Å². The van der Waals surface area contributed by atoms with Gasteiger partial charge < -0.3 is 21.1 Å². The van der Waals surface area contributed by atoms with Gasteiger partial charge in [-0.05, 0) is 50.6 Å². The maximum Gasteiger partial charge on any atom is 0.405 e. The van der Waals surface area contributed by atoms with Crippen molar-refractivity contribution >= 4 is 12.0 Å². The number of piperidine rings is 1. The fourth-order valence-corrected chi connectivity index (χ4v) is 3.44. The molecule has 2 amide bonds. The summed E-state index contributed by atoms with van der Waals surface area (Å²) in [6.45, 7) is 2.66. The second kappa shape index (κ2) is 8.22. The minimum atomic E-state index is -1.11. The molecule has 1 heterocycles. The molecule has 0 radical (unpaired) electrons. The summed E-state index contributed by atoms with van der Waals surface area (Å²) in [7, 11) is 0. The molecule has 1 saturated heterocycles. The van der Waals surface area contributed by atoms with Crippen molar-refractivity contribution in [2.45, 2.75) is 51.0 Å². The fraction of sp³-hybridized carbons (Fsp3) is 0.867. The summed E-state index contributed by atoms with van der Waals surface area (Å²) in [6.07, 6.45) is 6.27. The Balaban J connectivity index is 1.85. The van der Waals surface area contributed by atoms with Crippen LogP contribution in [0.4, 0.5) is 4.79 Å². The molecule has 21 heavy (non-hydrogen) atoms. The van der Waals surface area contributed by atoms with Gasteiger partial charge in [0.05, 0.1) is 0 Å². The molecule has 1 atom stereocenters. The first-order chi connectivity index (χ1) is 10.2. The van der Waals surface area contributed by atoms with Crippen LogP contribution in [-0.4, -0.2) is 42.8 Å². The molecule has 2 fully saturated rings. The largest absolute Gasteiger partial charge is 0.465 e. The predicted molar refractivity (Wildman–Crippen MR) is 80.1 cm³/mol. The van der Waals surface area contributed by atoms with Crippen LogP contribution in [-0.2, 0) is 4.79 Å². The van der Waals surface area contributed by atoms with Crippen LogP contribution in [0.2, 0.25) is 0 Å². The number of hydrogen-bond donors (Lipinski definition) is 4. The second-order valence-electron chi connectivity index (χ2n) is 6.26. The zero-order valence-electron chi connectivity index (χ0n) is 12.6. The zero-order chi connectivity index (χ0) is 15.1. The molecule has 0 aromatic heterocycles. The molecular formula is C15H27N3O3. The highest BCUT2D eigenvalue weighted by Crippen LogP contribution is 2.26. The van der Waals surface area contributed by atoms with Gasteiger partial charge >= 0.3 is 6.09 Å². The summed E-state index contributed by atoms with van der Waals surface area (Å²) >= 11 is 0. The summed E-state index contributed by atoms with van der Waals surface area (Å²) in [5, 5.41) is 17.7. The van der Waals surface area contributed by atoms with Crippen molar-refractivity contribution in [2.75, 3.05) is 19.6 Å². The first kappa shape index (κ1) is 16.1. The maximum absolute atomic E-state index is 12.4. The average Bonchev–Trinajstić information content (AvgIpc) is 2.52. The SMILES string of the molecule is O=C(O)N[C@H](C(=O)NCC1CCNCC1)C1CCCCC1. The quantitative estimate of drug-likeness (QED) is 0.616. The van der Waals surface area contributed by atoms with Gasteiger partial charge in [-0.2, -0.15) is 0 Å². The third kappa shape index (κ3) is 5.19. The van der Waals surface area contributed by atoms with Gasteiger partial charge in [0, 0.05) is 6.54 Å². The standard InChI is InChI=1S/C15H27N3O3/c19-14(17-10-11-6-8-16-9-7-11)13(18-15(20)21)12-4-2-1-3-5-12/h11-13,16,18H,1-10H2,(H,17,19)(H,20,21)/t13-/m0/s1. The van der Waals surface area contributed by atoms with Crippen LogP contribution in [0.3, 0.4) is 0 Å². The summed E-state index contributed by atoms with van der Waals surface area (Å²) in [5.74, 6) is 0.498. The van der Waals surface area contributed by atoms with Gasteiger partial charge in [0.15, 0.2) is 0 Å². The predicted octanol–water partition coefficient (Wildman–Crippen LogP) is 1.32. The minimum Gasteiger partial charge on any atom is -0.465 e. The van der Waals surface area contributed by atoms with Crippen molar-refractivity contribution in [3.63, 3.8) is 0 Å². The van der Waals surface area contributed by atoms with Crippen molar-refractivity contribution in [3.8, 4) is 0 Å². The van der Waals surface area contributed by atoms with Crippen LogP contribution in [0.5, 0.6) is 0 Å². The molecule has 0 unspecified atom stereocenters. The summed E-state index contributed by atoms with van der Waals surface area (Å²) in [6, 6.07) is -0.593. The highest BCUT2D eigenvalue weighted by molar-refractivity contribution is 5.85. The third-order valence-electron chi connectivity index (χ3n) is 4.71. The number of amides is 2. The molecule has 0 spiro atoms. The number of nitrogens with one attached hydrogen (secondary N) is 3. The van der Waals surface area contributed by atoms with E-state index in [1.54, 1.807) is 0 Å². The lowest BCUT2D eigenvalue weighted by molar-refractivity contribution is -0.124. The Kier molecular flexibility index (Phi) is 6.29. The lowest BCUT2D eigenvalue weighted by atomic mass is 9.83. The molecule has 120 valence electrons. The minimum absolute atomic E-state index is 0.142. The van der Waals surface area contributed by atoms with Crippen molar-refractivity contribution < 1.29 is 14.7 Å². The molecule has 1 aliphatic heterocycles. The number of rotatable bonds is 5. The molecule has 1 saturated carbocycles. The molecule has 2 rings (SSSR count). The Morgan fingerprint density at radius 3 is 2.38 bits per heavy atom. The van der Waals surface area contributed by atoms with E-state index in [-0.39, 0.29) is 11.8 Å². The molecule has 2 aliphatic rings. The smallest absolute Gasteiger partial charge is 0.405 e. The molecule has 0 aromatic rings. The molecule has 1 aliphatic carbocycles. The van der Waals surface area contributed by atoms with Gasteiger partial charge in [0.25, 0.3) is 0 Å². The number of carbonyl (C=O) groups excluding carboxylic acids is 1. The van der Waals surface area contributed by atoms with Gasteiger partial charge in [0.1, 0.15) is 6.04 Å². The van der Waals surface area contributed by atoms with E-state index in [0.29, 0.717) is 12.5 Å². The topological polar surface area (TPSA) is 90.5 Å². The van der Waals surface area contributed by atoms with Crippen LogP contribution in [0.25, 0.3) is 0 Å². The van der Waals surface area contributed by atoms with E-state index in [2.05, 4.69) is 16.0 Å². The van der Waals surface area contributed by atoms with Crippen molar-refractivity contribution in [1.82, 2.24) is 16.0 Å². The van der Waals surface area contributed by atoms with E-state index >= 15 is 0 Å². The fourth-order valence-electron chi connectivity index (χ4n) is 3.44. The van der Waals surface area contributed by atoms with Gasteiger partial charge in [-0.1, -0.05) is 19.3 Å². The maximum atomic E-state index is 12.4. The van der Waals surface area contributed by atoms with Crippen molar-refractivity contribution in [3.05, 3.63) is 0 Å². The number of hydrogen-bond acceptors (Lipinski definition) is 3. The van der Waals surface area contributed by atoms with E-state index in [9.17, 15) is 9.59 Å². The first-order valence-electron chi connectivity index (χ1n) is 8.14. The van der Waals surface area contributed by atoms with E-state index in [0.717, 1.165) is 51.6 Å². The Morgan fingerprint density at radius 2 is 1.76 bits per heavy atom. The Hall–Kier alpha value is -1.30. The van der Waals surface area contributed by atoms with Gasteiger partial charge in [-0.3, -0.25) is 4.79 Å². The van der Waals surface area contributed by atoms with Gasteiger partial charge in [0.2, 0.25) is 5.91 Å². The van der Waals surface area contributed by atoms with E-state index in [1.165, 1.54) is 6.42 Å². The molecule has 4 N–H and O–H groups in total. The second-order valence-corrected chi connectivity index (χ2v) is 6.26. The van der Waals surface area contributed by atoms with Crippen LogP contribution in [0.1, 0.15) is 44.9 Å². The Labute approximate surface area is 126 Å². The van der Waals surface area contributed by atoms with Crippen molar-refractivity contribution in [2.24, 2.45) is 11.8 Å². The normalized spacial score (nSPS) is 22.5. The Bertz CT molecular complexity index is 350. The first-order valence-corrected chi connectivity index (χ1v) is 8.14. The van der Waals surface area contributed by atoms with Crippen LogP contribution in [0.15, 0.2) is 0 Å². The van der Waals surface area contributed by atoms with Gasteiger partial charge in [-0.15, -0.1) is 0 Å². The Morgan fingerprint density at radius 1 is 1.10 bits per heavy atom. The van der Waals surface area contributed by atoms with E-state index < -0.39 is 12.1 Å². The molecular weight excluding hydrogens is 270 g/mol. The summed E-state index contributed by atoms with van der Waals surface area (Å²) < 4.78 is 0. The average molecular weight is 297 g/mol. The molecule has 0 bridgehead atoms. The number of carbonyl (C=O) groups is 2. The summed E-state index contributed by atoms with van der Waals surface area (Å²) in [4.78, 5) is 23.3. The number of carboxylic acid groups (broad SMARTS) is 1.